The number of Topliss-reactive ketones (excluding diaryl/α,β-unsaturated/α-hetero) is 1. The van der Waals surface area contributed by atoms with Gasteiger partial charge in [0.05, 0.1) is 31.9 Å². The Kier molecular flexibility index (Phi) is 5.97. The highest BCUT2D eigenvalue weighted by atomic mass is 16.5. The van der Waals surface area contributed by atoms with Gasteiger partial charge >= 0.3 is 0 Å². The molecule has 0 saturated heterocycles. The lowest BCUT2D eigenvalue weighted by molar-refractivity contribution is -0.135. The van der Waals surface area contributed by atoms with Crippen LogP contribution < -0.4 is 14.4 Å². The van der Waals surface area contributed by atoms with Crippen LogP contribution in [0.3, 0.4) is 0 Å². The summed E-state index contributed by atoms with van der Waals surface area (Å²) in [6.07, 6.45) is 0.255. The van der Waals surface area contributed by atoms with Crippen molar-refractivity contribution in [2.75, 3.05) is 25.7 Å². The first-order valence-corrected chi connectivity index (χ1v) is 10.4. The van der Waals surface area contributed by atoms with Crippen LogP contribution >= 0.6 is 0 Å². The number of carbonyl (C=O) groups is 2. The van der Waals surface area contributed by atoms with Crippen LogP contribution in [0.5, 0.6) is 11.5 Å². The van der Waals surface area contributed by atoms with E-state index in [1.54, 1.807) is 41.3 Å². The fraction of sp³-hybridized carbons (Fsp3) is 0.231. The second-order valence-electron chi connectivity index (χ2n) is 7.74. The molecule has 0 aliphatic carbocycles. The zero-order valence-electron chi connectivity index (χ0n) is 18.1. The molecule has 1 atom stereocenters. The highest BCUT2D eigenvalue weighted by Crippen LogP contribution is 2.43. The molecule has 0 aromatic heterocycles. The molecular weight excluding hydrogens is 406 g/mol. The number of nitrogens with zero attached hydrogens (tertiary/aromatic N) is 1. The zero-order valence-corrected chi connectivity index (χ0v) is 18.1. The maximum atomic E-state index is 13.4. The number of hydrogen-bond acceptors (Lipinski definition) is 5. The molecule has 1 N–H and O–H groups in total. The maximum Gasteiger partial charge on any atom is 0.264 e. The lowest BCUT2D eigenvalue weighted by atomic mass is 9.88. The number of ether oxygens (including phenoxy) is 2. The second kappa shape index (κ2) is 8.85. The Labute approximate surface area is 187 Å². The Bertz CT molecular complexity index is 1140. The Morgan fingerprint density at radius 3 is 2.41 bits per heavy atom. The van der Waals surface area contributed by atoms with E-state index in [1.165, 1.54) is 14.2 Å². The second-order valence-corrected chi connectivity index (χ2v) is 7.74. The lowest BCUT2D eigenvalue weighted by Gasteiger charge is -2.23. The predicted octanol–water partition coefficient (Wildman–Crippen LogP) is 3.75. The summed E-state index contributed by atoms with van der Waals surface area (Å²) in [5.74, 6) is -0.000345. The predicted molar refractivity (Wildman–Crippen MR) is 121 cm³/mol. The van der Waals surface area contributed by atoms with Crippen molar-refractivity contribution in [2.24, 2.45) is 0 Å². The Balaban J connectivity index is 1.62. The number of benzene rings is 3. The van der Waals surface area contributed by atoms with Crippen molar-refractivity contribution >= 4 is 17.4 Å². The molecule has 1 aliphatic heterocycles. The molecule has 1 amide bonds. The minimum absolute atomic E-state index is 0.287. The van der Waals surface area contributed by atoms with Crippen LogP contribution in [0.1, 0.15) is 27.9 Å². The number of anilines is 1. The summed E-state index contributed by atoms with van der Waals surface area (Å²) in [4.78, 5) is 28.1. The van der Waals surface area contributed by atoms with E-state index in [4.69, 9.17) is 9.47 Å². The molecule has 0 unspecified atom stereocenters. The third-order valence-electron chi connectivity index (χ3n) is 5.83. The Hall–Kier alpha value is -3.64. The number of methoxy groups -OCH3 is 2. The van der Waals surface area contributed by atoms with Crippen molar-refractivity contribution in [3.8, 4) is 11.5 Å². The fourth-order valence-corrected chi connectivity index (χ4v) is 4.14. The summed E-state index contributed by atoms with van der Waals surface area (Å²) in [5.41, 5.74) is 0.515. The van der Waals surface area contributed by atoms with Gasteiger partial charge < -0.3 is 19.5 Å². The number of aliphatic hydroxyl groups is 1. The molecule has 0 fully saturated rings. The molecule has 3 aromatic carbocycles. The zero-order chi connectivity index (χ0) is 22.7. The van der Waals surface area contributed by atoms with Crippen LogP contribution in [-0.2, 0) is 16.8 Å². The number of para-hydroxylation sites is 1. The van der Waals surface area contributed by atoms with E-state index < -0.39 is 11.5 Å². The van der Waals surface area contributed by atoms with Crippen molar-refractivity contribution in [1.82, 2.24) is 0 Å². The number of rotatable bonds is 8. The van der Waals surface area contributed by atoms with Gasteiger partial charge in [-0.25, -0.2) is 0 Å². The van der Waals surface area contributed by atoms with E-state index in [-0.39, 0.29) is 17.8 Å². The molecule has 6 nitrogen and oxygen atoms in total. The molecule has 4 rings (SSSR count). The van der Waals surface area contributed by atoms with Gasteiger partial charge in [0.2, 0.25) is 0 Å². The molecule has 32 heavy (non-hydrogen) atoms. The van der Waals surface area contributed by atoms with Gasteiger partial charge in [-0.2, -0.15) is 0 Å². The van der Waals surface area contributed by atoms with Crippen LogP contribution in [0.4, 0.5) is 5.69 Å². The Morgan fingerprint density at radius 1 is 0.969 bits per heavy atom. The first-order chi connectivity index (χ1) is 15.5. The normalized spacial score (nSPS) is 17.2. The summed E-state index contributed by atoms with van der Waals surface area (Å²) < 4.78 is 10.5. The number of ketones is 1. The monoisotopic (exact) mass is 431 g/mol. The van der Waals surface area contributed by atoms with Crippen LogP contribution in [0.2, 0.25) is 0 Å². The average Bonchev–Trinajstić information content (AvgIpc) is 3.04. The summed E-state index contributed by atoms with van der Waals surface area (Å²) in [7, 11) is 2.98. The van der Waals surface area contributed by atoms with E-state index in [1.807, 2.05) is 36.4 Å². The summed E-state index contributed by atoms with van der Waals surface area (Å²) in [6, 6.07) is 21.8. The molecule has 0 saturated carbocycles. The molecule has 0 bridgehead atoms. The summed E-state index contributed by atoms with van der Waals surface area (Å²) >= 11 is 0. The van der Waals surface area contributed by atoms with Crippen LogP contribution in [-0.4, -0.2) is 37.6 Å². The fourth-order valence-electron chi connectivity index (χ4n) is 4.14. The molecule has 0 radical (unpaired) electrons. The van der Waals surface area contributed by atoms with Gasteiger partial charge in [0, 0.05) is 18.2 Å². The molecule has 1 heterocycles. The van der Waals surface area contributed by atoms with E-state index in [2.05, 4.69) is 0 Å². The van der Waals surface area contributed by atoms with Crippen LogP contribution in [0, 0.1) is 0 Å². The standard InChI is InChI=1S/C26H25NO5/c1-31-19-12-13-20(24(16-19)32-2)23(28)17-26(30)21-10-6-7-11-22(21)27(25(26)29)15-14-18-8-4-3-5-9-18/h3-13,16,30H,14-15,17H2,1-2H3/t26-/m1/s1. The minimum Gasteiger partial charge on any atom is -0.497 e. The van der Waals surface area contributed by atoms with E-state index >= 15 is 0 Å². The highest BCUT2D eigenvalue weighted by Gasteiger charge is 2.50. The maximum absolute atomic E-state index is 13.4. The highest BCUT2D eigenvalue weighted by molar-refractivity contribution is 6.11. The summed E-state index contributed by atoms with van der Waals surface area (Å²) in [5, 5.41) is 11.5. The number of hydrogen-bond donors (Lipinski definition) is 1. The van der Waals surface area contributed by atoms with E-state index in [9.17, 15) is 14.7 Å². The van der Waals surface area contributed by atoms with Crippen molar-refractivity contribution in [3.63, 3.8) is 0 Å². The van der Waals surface area contributed by atoms with E-state index in [0.29, 0.717) is 35.7 Å². The summed E-state index contributed by atoms with van der Waals surface area (Å²) in [6.45, 7) is 0.405. The van der Waals surface area contributed by atoms with Crippen molar-refractivity contribution in [2.45, 2.75) is 18.4 Å². The SMILES string of the molecule is COc1ccc(C(=O)C[C@]2(O)C(=O)N(CCc3ccccc3)c3ccccc32)c(OC)c1. The molecule has 3 aromatic rings. The van der Waals surface area contributed by atoms with Crippen molar-refractivity contribution in [3.05, 3.63) is 89.5 Å². The average molecular weight is 431 g/mol. The molecule has 164 valence electrons. The van der Waals surface area contributed by atoms with Crippen LogP contribution in [0.15, 0.2) is 72.8 Å². The van der Waals surface area contributed by atoms with Gasteiger partial charge in [0.25, 0.3) is 5.91 Å². The number of carbonyl (C=O) groups excluding carboxylic acids is 2. The third kappa shape index (κ3) is 3.85. The molecule has 6 heteroatoms. The largest absolute Gasteiger partial charge is 0.497 e. The first kappa shape index (κ1) is 21.6. The van der Waals surface area contributed by atoms with Gasteiger partial charge in [-0.1, -0.05) is 48.5 Å². The van der Waals surface area contributed by atoms with Gasteiger partial charge in [0.15, 0.2) is 11.4 Å². The lowest BCUT2D eigenvalue weighted by Crippen LogP contribution is -2.42. The van der Waals surface area contributed by atoms with Gasteiger partial charge in [-0.05, 0) is 30.2 Å². The topological polar surface area (TPSA) is 76.1 Å². The third-order valence-corrected chi connectivity index (χ3v) is 5.83. The van der Waals surface area contributed by atoms with Crippen molar-refractivity contribution < 1.29 is 24.2 Å². The molecular formula is C26H25NO5. The van der Waals surface area contributed by atoms with Crippen molar-refractivity contribution in [1.29, 1.82) is 0 Å². The van der Waals surface area contributed by atoms with Gasteiger partial charge in [-0.15, -0.1) is 0 Å². The van der Waals surface area contributed by atoms with E-state index in [0.717, 1.165) is 5.56 Å². The first-order valence-electron chi connectivity index (χ1n) is 10.4. The molecule has 1 aliphatic rings. The number of fused-ring (bicyclic) bond motifs is 1. The smallest absolute Gasteiger partial charge is 0.264 e. The minimum atomic E-state index is -1.94. The Morgan fingerprint density at radius 2 is 1.69 bits per heavy atom. The van der Waals surface area contributed by atoms with Gasteiger partial charge in [0.1, 0.15) is 11.5 Å². The van der Waals surface area contributed by atoms with Gasteiger partial charge in [-0.3, -0.25) is 9.59 Å². The molecule has 0 spiro atoms. The quantitative estimate of drug-likeness (QED) is 0.550. The number of amides is 1. The van der Waals surface area contributed by atoms with Crippen LogP contribution in [0.25, 0.3) is 0 Å².